The molecule has 234 valence electrons. The third-order valence-corrected chi connectivity index (χ3v) is 15.7. The third-order valence-electron chi connectivity index (χ3n) is 13.3. The number of allylic oxidation sites excluding steroid dienone is 1. The van der Waals surface area contributed by atoms with Crippen LogP contribution in [0.25, 0.3) is 0 Å². The van der Waals surface area contributed by atoms with Crippen molar-refractivity contribution in [1.82, 2.24) is 0 Å². The zero-order valence-electron chi connectivity index (χ0n) is 26.6. The topological polar surface area (TPSA) is 74.6 Å². The summed E-state index contributed by atoms with van der Waals surface area (Å²) in [6.45, 7) is 9.24. The number of fused-ring (bicyclic) bond motifs is 5. The molecule has 0 aromatic heterocycles. The molecule has 2 N–H and O–H groups in total. The van der Waals surface area contributed by atoms with Gasteiger partial charge in [-0.2, -0.15) is 0 Å². The summed E-state index contributed by atoms with van der Waals surface area (Å²) in [4.78, 5) is 0.359. The maximum atomic E-state index is 14.3. The average Bonchev–Trinajstić information content (AvgIpc) is 3.38. The first kappa shape index (κ1) is 31.0. The van der Waals surface area contributed by atoms with Gasteiger partial charge in [0.2, 0.25) is 0 Å². The van der Waals surface area contributed by atoms with Crippen molar-refractivity contribution in [3.05, 3.63) is 77.9 Å². The minimum Gasteiger partial charge on any atom is -0.390 e. The summed E-state index contributed by atoms with van der Waals surface area (Å²) in [6.07, 6.45) is 11.1. The molecule has 0 heterocycles. The molecule has 0 bridgehead atoms. The van der Waals surface area contributed by atoms with E-state index in [-0.39, 0.29) is 23.2 Å². The van der Waals surface area contributed by atoms with E-state index in [1.807, 2.05) is 36.4 Å². The van der Waals surface area contributed by atoms with Gasteiger partial charge in [-0.15, -0.1) is 0 Å². The van der Waals surface area contributed by atoms with Crippen molar-refractivity contribution >= 4 is 9.84 Å². The molecule has 4 aliphatic carbocycles. The second-order valence-corrected chi connectivity index (χ2v) is 17.3. The van der Waals surface area contributed by atoms with Crippen LogP contribution in [-0.2, 0) is 9.84 Å². The highest BCUT2D eigenvalue weighted by molar-refractivity contribution is 7.92. The van der Waals surface area contributed by atoms with Crippen LogP contribution >= 0.6 is 0 Å². The number of hydrogen-bond acceptors (Lipinski definition) is 4. The zero-order valence-corrected chi connectivity index (χ0v) is 27.4. The van der Waals surface area contributed by atoms with Gasteiger partial charge in [-0.3, -0.25) is 0 Å². The summed E-state index contributed by atoms with van der Waals surface area (Å²) in [7, 11) is -3.66. The fraction of sp³-hybridized carbons (Fsp3) is 0.632. The van der Waals surface area contributed by atoms with Crippen molar-refractivity contribution in [2.75, 3.05) is 0 Å². The van der Waals surface area contributed by atoms with E-state index in [9.17, 15) is 18.6 Å². The lowest BCUT2D eigenvalue weighted by Gasteiger charge is -2.59. The molecule has 3 fully saturated rings. The molecule has 0 saturated heterocycles. The maximum absolute atomic E-state index is 14.3. The van der Waals surface area contributed by atoms with E-state index < -0.39 is 26.8 Å². The summed E-state index contributed by atoms with van der Waals surface area (Å²) in [5.74, 6) is 2.06. The van der Waals surface area contributed by atoms with Gasteiger partial charge in [-0.25, -0.2) is 8.42 Å². The minimum atomic E-state index is -3.66. The number of aliphatic hydroxyl groups is 2. The minimum absolute atomic E-state index is 0.0744. The first-order chi connectivity index (χ1) is 20.4. The molecule has 6 rings (SSSR count). The van der Waals surface area contributed by atoms with E-state index in [1.54, 1.807) is 24.3 Å². The van der Waals surface area contributed by atoms with E-state index in [0.717, 1.165) is 56.9 Å². The SMILES string of the molecule is CC[C@]1(O)CC[C@@]2(C)C(=CC[C@H]3[C@@H]4CC[C@H]([C@H](C)C(C[C@@H](O)c5ccccc5)S(=O)(=O)c5ccccc5)[C@@]4(C)CC[C@@H]32)C1. The number of aliphatic hydroxyl groups excluding tert-OH is 1. The largest absolute Gasteiger partial charge is 0.390 e. The van der Waals surface area contributed by atoms with Gasteiger partial charge < -0.3 is 10.2 Å². The monoisotopic (exact) mass is 604 g/mol. The van der Waals surface area contributed by atoms with Gasteiger partial charge in [0.15, 0.2) is 9.84 Å². The highest BCUT2D eigenvalue weighted by Gasteiger charge is 2.60. The molecular formula is C38H52O4S. The van der Waals surface area contributed by atoms with Crippen LogP contribution in [0.4, 0.5) is 0 Å². The molecule has 0 aliphatic heterocycles. The van der Waals surface area contributed by atoms with Gasteiger partial charge in [0.05, 0.1) is 21.9 Å². The lowest BCUT2D eigenvalue weighted by Crippen LogP contribution is -2.53. The van der Waals surface area contributed by atoms with E-state index in [1.165, 1.54) is 12.0 Å². The van der Waals surface area contributed by atoms with Gasteiger partial charge in [0.25, 0.3) is 0 Å². The molecule has 43 heavy (non-hydrogen) atoms. The maximum Gasteiger partial charge on any atom is 0.181 e. The molecule has 2 aromatic rings. The Hall–Kier alpha value is -1.95. The Morgan fingerprint density at radius 3 is 2.26 bits per heavy atom. The normalized spacial score (nSPS) is 37.8. The molecule has 5 heteroatoms. The van der Waals surface area contributed by atoms with Crippen LogP contribution in [-0.4, -0.2) is 29.5 Å². The van der Waals surface area contributed by atoms with Crippen LogP contribution < -0.4 is 0 Å². The summed E-state index contributed by atoms with van der Waals surface area (Å²) >= 11 is 0. The van der Waals surface area contributed by atoms with E-state index in [4.69, 9.17) is 0 Å². The summed E-state index contributed by atoms with van der Waals surface area (Å²) < 4.78 is 28.7. The smallest absolute Gasteiger partial charge is 0.181 e. The van der Waals surface area contributed by atoms with Gasteiger partial charge in [-0.05, 0) is 122 Å². The van der Waals surface area contributed by atoms with Crippen molar-refractivity contribution < 1.29 is 18.6 Å². The lowest BCUT2D eigenvalue weighted by atomic mass is 9.46. The Labute approximate surface area is 259 Å². The molecule has 4 nitrogen and oxygen atoms in total. The molecule has 10 atom stereocenters. The van der Waals surface area contributed by atoms with Crippen molar-refractivity contribution in [3.8, 4) is 0 Å². The van der Waals surface area contributed by atoms with Crippen LogP contribution in [0.5, 0.6) is 0 Å². The highest BCUT2D eigenvalue weighted by Crippen LogP contribution is 2.68. The van der Waals surface area contributed by atoms with Crippen LogP contribution in [0, 0.1) is 40.4 Å². The highest BCUT2D eigenvalue weighted by atomic mass is 32.2. The summed E-state index contributed by atoms with van der Waals surface area (Å²) in [5, 5.41) is 21.8. The summed E-state index contributed by atoms with van der Waals surface area (Å²) in [5.41, 5.74) is 2.00. The van der Waals surface area contributed by atoms with Crippen molar-refractivity contribution in [2.45, 2.75) is 114 Å². The quantitative estimate of drug-likeness (QED) is 0.297. The fourth-order valence-corrected chi connectivity index (χ4v) is 12.7. The molecule has 3 saturated carbocycles. The van der Waals surface area contributed by atoms with Crippen LogP contribution in [0.1, 0.15) is 104 Å². The van der Waals surface area contributed by atoms with Crippen molar-refractivity contribution in [3.63, 3.8) is 0 Å². The standard InChI is InChI=1S/C38H52O4S/c1-5-38(40)23-22-36(3)28(25-38)16-17-30-32-19-18-31(37(32,4)21-20-33(30)36)26(2)35(24-34(39)27-12-8-6-9-13-27)43(41,42)29-14-10-7-11-15-29/h6-16,26,30-35,39-40H,5,17-25H2,1-4H3/t26-,30-,31+,32-,33-,34+,35?,36-,37+,38-/m0/s1. The number of hydrogen-bond donors (Lipinski definition) is 2. The third kappa shape index (κ3) is 5.25. The second-order valence-electron chi connectivity index (χ2n) is 15.2. The number of sulfone groups is 1. The first-order valence-corrected chi connectivity index (χ1v) is 18.4. The molecule has 1 unspecified atom stereocenters. The van der Waals surface area contributed by atoms with E-state index in [2.05, 4.69) is 33.8 Å². The number of rotatable bonds is 8. The molecule has 0 spiro atoms. The fourth-order valence-electron chi connectivity index (χ4n) is 10.6. The molecule has 4 aliphatic rings. The van der Waals surface area contributed by atoms with Crippen LogP contribution in [0.3, 0.4) is 0 Å². The Balaban J connectivity index is 1.29. The molecule has 0 amide bonds. The second kappa shape index (κ2) is 11.4. The summed E-state index contributed by atoms with van der Waals surface area (Å²) in [6, 6.07) is 18.4. The molecule has 2 aromatic carbocycles. The predicted octanol–water partition coefficient (Wildman–Crippen LogP) is 8.31. The van der Waals surface area contributed by atoms with Gasteiger partial charge in [0, 0.05) is 0 Å². The van der Waals surface area contributed by atoms with Crippen molar-refractivity contribution in [1.29, 1.82) is 0 Å². The predicted molar refractivity (Wildman–Crippen MR) is 173 cm³/mol. The van der Waals surface area contributed by atoms with E-state index >= 15 is 0 Å². The lowest BCUT2D eigenvalue weighted by molar-refractivity contribution is -0.0755. The first-order valence-electron chi connectivity index (χ1n) is 16.9. The Morgan fingerprint density at radius 2 is 1.58 bits per heavy atom. The number of benzene rings is 2. The Bertz CT molecular complexity index is 1420. The zero-order chi connectivity index (χ0) is 30.6. The Kier molecular flexibility index (Phi) is 8.26. The van der Waals surface area contributed by atoms with Crippen molar-refractivity contribution in [2.24, 2.45) is 40.4 Å². The van der Waals surface area contributed by atoms with Gasteiger partial charge >= 0.3 is 0 Å². The van der Waals surface area contributed by atoms with E-state index in [0.29, 0.717) is 28.6 Å². The van der Waals surface area contributed by atoms with Gasteiger partial charge in [-0.1, -0.05) is 87.9 Å². The molecule has 0 radical (unpaired) electrons. The molecular weight excluding hydrogens is 552 g/mol. The average molecular weight is 605 g/mol. The van der Waals surface area contributed by atoms with Gasteiger partial charge in [0.1, 0.15) is 0 Å². The van der Waals surface area contributed by atoms with Crippen LogP contribution in [0.2, 0.25) is 0 Å². The van der Waals surface area contributed by atoms with Crippen LogP contribution in [0.15, 0.2) is 77.2 Å². The Morgan fingerprint density at radius 1 is 0.907 bits per heavy atom.